The van der Waals surface area contributed by atoms with Gasteiger partial charge in [-0.2, -0.15) is 0 Å². The molecule has 102 valence electrons. The van der Waals surface area contributed by atoms with E-state index in [-0.39, 0.29) is 6.10 Å². The van der Waals surface area contributed by atoms with E-state index in [0.29, 0.717) is 19.8 Å². The first-order chi connectivity index (χ1) is 8.69. The second kappa shape index (κ2) is 7.95. The Hall–Kier alpha value is -1.26. The van der Waals surface area contributed by atoms with Crippen LogP contribution in [0.3, 0.4) is 0 Å². The van der Waals surface area contributed by atoms with Crippen molar-refractivity contribution in [1.82, 2.24) is 0 Å². The van der Waals surface area contributed by atoms with E-state index in [0.717, 1.165) is 23.5 Å². The molecule has 1 aromatic rings. The molecule has 1 aromatic carbocycles. The molecule has 0 aliphatic carbocycles. The van der Waals surface area contributed by atoms with Gasteiger partial charge in [0.05, 0.1) is 19.8 Å². The van der Waals surface area contributed by atoms with Crippen molar-refractivity contribution in [1.29, 1.82) is 0 Å². The van der Waals surface area contributed by atoms with Crippen molar-refractivity contribution >= 4 is 0 Å². The Morgan fingerprint density at radius 1 is 1.22 bits per heavy atom. The van der Waals surface area contributed by atoms with Gasteiger partial charge in [-0.25, -0.2) is 0 Å². The minimum atomic E-state index is 0.217. The fourth-order valence-corrected chi connectivity index (χ4v) is 1.67. The minimum absolute atomic E-state index is 0.217. The third-order valence-electron chi connectivity index (χ3n) is 2.47. The van der Waals surface area contributed by atoms with Crippen LogP contribution in [0.25, 0.3) is 0 Å². The molecule has 2 N–H and O–H groups in total. The summed E-state index contributed by atoms with van der Waals surface area (Å²) in [6.07, 6.45) is 0.993. The molecule has 0 aliphatic rings. The summed E-state index contributed by atoms with van der Waals surface area (Å²) >= 11 is 0. The maximum absolute atomic E-state index is 5.76. The number of ether oxygens (including phenoxy) is 3. The zero-order valence-electron chi connectivity index (χ0n) is 11.4. The van der Waals surface area contributed by atoms with Crippen molar-refractivity contribution in [3.05, 3.63) is 23.8 Å². The molecule has 0 aromatic heterocycles. The van der Waals surface area contributed by atoms with E-state index in [4.69, 9.17) is 19.9 Å². The molecule has 4 nitrogen and oxygen atoms in total. The summed E-state index contributed by atoms with van der Waals surface area (Å²) < 4.78 is 16.5. The van der Waals surface area contributed by atoms with Crippen LogP contribution >= 0.6 is 0 Å². The molecule has 0 saturated carbocycles. The minimum Gasteiger partial charge on any atom is -0.493 e. The number of nitrogens with two attached hydrogens (primary N) is 1. The van der Waals surface area contributed by atoms with E-state index in [1.807, 2.05) is 32.0 Å². The summed E-state index contributed by atoms with van der Waals surface area (Å²) in [5, 5.41) is 0. The van der Waals surface area contributed by atoms with Gasteiger partial charge in [0.25, 0.3) is 0 Å². The van der Waals surface area contributed by atoms with Gasteiger partial charge in [-0.15, -0.1) is 0 Å². The Bertz CT molecular complexity index is 353. The van der Waals surface area contributed by atoms with Crippen LogP contribution in [0.15, 0.2) is 18.2 Å². The molecule has 0 bridgehead atoms. The lowest BCUT2D eigenvalue weighted by Crippen LogP contribution is -2.13. The van der Waals surface area contributed by atoms with Crippen LogP contribution < -0.4 is 15.2 Å². The van der Waals surface area contributed by atoms with Crippen LogP contribution in [0.4, 0.5) is 0 Å². The van der Waals surface area contributed by atoms with Crippen molar-refractivity contribution < 1.29 is 14.2 Å². The van der Waals surface area contributed by atoms with Crippen molar-refractivity contribution in [3.63, 3.8) is 0 Å². The van der Waals surface area contributed by atoms with Gasteiger partial charge in [-0.05, 0) is 38.4 Å². The van der Waals surface area contributed by atoms with Crippen LogP contribution in [0.1, 0.15) is 19.4 Å². The number of benzene rings is 1. The molecular weight excluding hydrogens is 230 g/mol. The Morgan fingerprint density at radius 2 is 2.00 bits per heavy atom. The molecule has 0 fully saturated rings. The smallest absolute Gasteiger partial charge is 0.164 e. The highest BCUT2D eigenvalue weighted by molar-refractivity contribution is 5.46. The fourth-order valence-electron chi connectivity index (χ4n) is 1.67. The third kappa shape index (κ3) is 4.55. The molecule has 0 amide bonds. The Kier molecular flexibility index (Phi) is 6.54. The Labute approximate surface area is 109 Å². The first-order valence-corrected chi connectivity index (χ1v) is 6.29. The van der Waals surface area contributed by atoms with E-state index < -0.39 is 0 Å². The van der Waals surface area contributed by atoms with E-state index in [1.165, 1.54) is 0 Å². The zero-order chi connectivity index (χ0) is 13.4. The molecule has 0 saturated heterocycles. The molecule has 18 heavy (non-hydrogen) atoms. The topological polar surface area (TPSA) is 53.7 Å². The van der Waals surface area contributed by atoms with Gasteiger partial charge in [0.1, 0.15) is 6.61 Å². The predicted octanol–water partition coefficient (Wildman–Crippen LogP) is 2.00. The lowest BCUT2D eigenvalue weighted by atomic mass is 10.1. The fraction of sp³-hybridized carbons (Fsp3) is 0.571. The second-order valence-corrected chi connectivity index (χ2v) is 4.26. The van der Waals surface area contributed by atoms with E-state index >= 15 is 0 Å². The maximum Gasteiger partial charge on any atom is 0.164 e. The zero-order valence-corrected chi connectivity index (χ0v) is 11.4. The second-order valence-electron chi connectivity index (χ2n) is 4.26. The van der Waals surface area contributed by atoms with Gasteiger partial charge in [0.2, 0.25) is 0 Å². The first kappa shape index (κ1) is 14.8. The average Bonchev–Trinajstić information content (AvgIpc) is 2.35. The van der Waals surface area contributed by atoms with E-state index in [9.17, 15) is 0 Å². The highest BCUT2D eigenvalue weighted by atomic mass is 16.5. The van der Waals surface area contributed by atoms with Crippen molar-refractivity contribution in [3.8, 4) is 11.5 Å². The van der Waals surface area contributed by atoms with Crippen LogP contribution in [-0.4, -0.2) is 33.0 Å². The van der Waals surface area contributed by atoms with Crippen molar-refractivity contribution in [2.24, 2.45) is 5.73 Å². The normalized spacial score (nSPS) is 10.7. The quantitative estimate of drug-likeness (QED) is 0.720. The predicted molar refractivity (Wildman–Crippen MR) is 72.3 cm³/mol. The number of hydrogen-bond donors (Lipinski definition) is 1. The van der Waals surface area contributed by atoms with Gasteiger partial charge < -0.3 is 19.9 Å². The van der Waals surface area contributed by atoms with Crippen LogP contribution in [0.2, 0.25) is 0 Å². The van der Waals surface area contributed by atoms with Crippen LogP contribution in [0.5, 0.6) is 11.5 Å². The lowest BCUT2D eigenvalue weighted by molar-refractivity contribution is 0.0545. The molecule has 1 rings (SSSR count). The average molecular weight is 253 g/mol. The lowest BCUT2D eigenvalue weighted by Gasteiger charge is -2.15. The number of rotatable bonds is 8. The number of methoxy groups -OCH3 is 1. The molecule has 0 aliphatic heterocycles. The molecule has 0 heterocycles. The molecule has 0 radical (unpaired) electrons. The largest absolute Gasteiger partial charge is 0.493 e. The third-order valence-corrected chi connectivity index (χ3v) is 2.47. The number of hydrogen-bond acceptors (Lipinski definition) is 4. The van der Waals surface area contributed by atoms with Gasteiger partial charge in [0.15, 0.2) is 11.5 Å². The highest BCUT2D eigenvalue weighted by Gasteiger charge is 2.09. The number of para-hydroxylation sites is 1. The summed E-state index contributed by atoms with van der Waals surface area (Å²) in [6.45, 7) is 5.67. The summed E-state index contributed by atoms with van der Waals surface area (Å²) in [6, 6.07) is 5.84. The molecule has 0 unspecified atom stereocenters. The van der Waals surface area contributed by atoms with E-state index in [2.05, 4.69) is 0 Å². The summed E-state index contributed by atoms with van der Waals surface area (Å²) in [5.74, 6) is 1.52. The molecule has 4 heteroatoms. The standard InChI is InChI=1S/C14H23NO3/c1-11(2)17-9-10-18-14-12(7-8-15)5-4-6-13(14)16-3/h4-6,11H,7-10,15H2,1-3H3. The van der Waals surface area contributed by atoms with Crippen molar-refractivity contribution in [2.75, 3.05) is 26.9 Å². The highest BCUT2D eigenvalue weighted by Crippen LogP contribution is 2.31. The van der Waals surface area contributed by atoms with Gasteiger partial charge in [0, 0.05) is 0 Å². The van der Waals surface area contributed by atoms with Crippen LogP contribution in [-0.2, 0) is 11.2 Å². The van der Waals surface area contributed by atoms with Gasteiger partial charge >= 0.3 is 0 Å². The van der Waals surface area contributed by atoms with E-state index in [1.54, 1.807) is 7.11 Å². The summed E-state index contributed by atoms with van der Waals surface area (Å²) in [7, 11) is 1.64. The van der Waals surface area contributed by atoms with Crippen molar-refractivity contribution in [2.45, 2.75) is 26.4 Å². The maximum atomic E-state index is 5.76. The van der Waals surface area contributed by atoms with Gasteiger partial charge in [-0.1, -0.05) is 12.1 Å². The molecule has 0 spiro atoms. The molecular formula is C14H23NO3. The first-order valence-electron chi connectivity index (χ1n) is 6.29. The monoisotopic (exact) mass is 253 g/mol. The Morgan fingerprint density at radius 3 is 2.61 bits per heavy atom. The van der Waals surface area contributed by atoms with Crippen LogP contribution in [0, 0.1) is 0 Å². The van der Waals surface area contributed by atoms with Gasteiger partial charge in [-0.3, -0.25) is 0 Å². The summed E-state index contributed by atoms with van der Waals surface area (Å²) in [4.78, 5) is 0. The summed E-state index contributed by atoms with van der Waals surface area (Å²) in [5.41, 5.74) is 6.67. The molecule has 0 atom stereocenters. The Balaban J connectivity index is 2.65. The SMILES string of the molecule is COc1cccc(CCN)c1OCCOC(C)C.